The van der Waals surface area contributed by atoms with E-state index in [-0.39, 0.29) is 18.2 Å². The predicted molar refractivity (Wildman–Crippen MR) is 104 cm³/mol. The monoisotopic (exact) mass is 399 g/mol. The number of hydrogen-bond donors (Lipinski definition) is 2. The number of aryl methyl sites for hydroxylation is 2. The zero-order valence-electron chi connectivity index (χ0n) is 16.4. The topological polar surface area (TPSA) is 102 Å². The van der Waals surface area contributed by atoms with Crippen LogP contribution in [0.3, 0.4) is 0 Å². The summed E-state index contributed by atoms with van der Waals surface area (Å²) in [4.78, 5) is 12.1. The lowest BCUT2D eigenvalue weighted by Gasteiger charge is -2.14. The first kappa shape index (κ1) is 20.4. The molecule has 1 amide bonds. The summed E-state index contributed by atoms with van der Waals surface area (Å²) in [6.45, 7) is 5.13. The van der Waals surface area contributed by atoms with Gasteiger partial charge in [-0.15, -0.1) is 5.10 Å². The standard InChI is InChI=1S/C20H22FN5O3/c1-4-19-23-24-25-26(19)15-8-14(17-6-5-12(2)7-18(17)21)9-16(10-15)29-20(28)22-13(3)11-27/h5-10,13,27H,4,11H2,1-3H3,(H,22,28). The van der Waals surface area contributed by atoms with Crippen LogP contribution in [0.5, 0.6) is 5.75 Å². The number of amides is 1. The number of aliphatic hydroxyl groups is 1. The van der Waals surface area contributed by atoms with Crippen LogP contribution in [0.1, 0.15) is 25.2 Å². The molecular formula is C20H22FN5O3. The number of halogens is 1. The molecule has 2 aromatic carbocycles. The molecule has 2 N–H and O–H groups in total. The van der Waals surface area contributed by atoms with E-state index < -0.39 is 12.1 Å². The minimum absolute atomic E-state index is 0.192. The average Bonchev–Trinajstić information content (AvgIpc) is 3.16. The summed E-state index contributed by atoms with van der Waals surface area (Å²) in [5, 5.41) is 23.2. The third-order valence-corrected chi connectivity index (χ3v) is 4.27. The minimum atomic E-state index is -0.730. The number of aliphatic hydroxyl groups excluding tert-OH is 1. The van der Waals surface area contributed by atoms with Gasteiger partial charge in [0.1, 0.15) is 11.6 Å². The average molecular weight is 399 g/mol. The molecule has 0 saturated carbocycles. The normalized spacial score (nSPS) is 11.9. The van der Waals surface area contributed by atoms with E-state index in [2.05, 4.69) is 20.8 Å². The highest BCUT2D eigenvalue weighted by Gasteiger charge is 2.15. The number of rotatable bonds is 6. The first-order chi connectivity index (χ1) is 13.9. The SMILES string of the molecule is CCc1nnnn1-c1cc(OC(=O)NC(C)CO)cc(-c2ccc(C)cc2F)c1. The van der Waals surface area contributed by atoms with Gasteiger partial charge < -0.3 is 15.2 Å². The van der Waals surface area contributed by atoms with Gasteiger partial charge in [-0.25, -0.2) is 9.18 Å². The minimum Gasteiger partial charge on any atom is -0.410 e. The zero-order chi connectivity index (χ0) is 21.0. The lowest BCUT2D eigenvalue weighted by Crippen LogP contribution is -2.37. The van der Waals surface area contributed by atoms with Gasteiger partial charge >= 0.3 is 6.09 Å². The molecule has 0 aliphatic carbocycles. The maximum absolute atomic E-state index is 14.6. The number of nitrogens with zero attached hydrogens (tertiary/aromatic N) is 4. The van der Waals surface area contributed by atoms with E-state index in [9.17, 15) is 9.18 Å². The summed E-state index contributed by atoms with van der Waals surface area (Å²) >= 11 is 0. The smallest absolute Gasteiger partial charge is 0.410 e. The van der Waals surface area contributed by atoms with E-state index in [4.69, 9.17) is 9.84 Å². The fourth-order valence-corrected chi connectivity index (χ4v) is 2.78. The van der Waals surface area contributed by atoms with E-state index in [1.807, 2.05) is 6.92 Å². The van der Waals surface area contributed by atoms with Crippen LogP contribution in [0.4, 0.5) is 9.18 Å². The largest absolute Gasteiger partial charge is 0.412 e. The number of nitrogens with one attached hydrogen (secondary N) is 1. The highest BCUT2D eigenvalue weighted by Crippen LogP contribution is 2.30. The van der Waals surface area contributed by atoms with Crippen molar-refractivity contribution in [2.45, 2.75) is 33.2 Å². The third-order valence-electron chi connectivity index (χ3n) is 4.27. The Morgan fingerprint density at radius 3 is 2.79 bits per heavy atom. The van der Waals surface area contributed by atoms with E-state index in [1.54, 1.807) is 44.2 Å². The number of carbonyl (C=O) groups excluding carboxylic acids is 1. The van der Waals surface area contributed by atoms with Crippen molar-refractivity contribution in [2.24, 2.45) is 0 Å². The first-order valence-electron chi connectivity index (χ1n) is 9.19. The van der Waals surface area contributed by atoms with Crippen LogP contribution < -0.4 is 10.1 Å². The Morgan fingerprint density at radius 2 is 2.10 bits per heavy atom. The predicted octanol–water partition coefficient (Wildman–Crippen LogP) is 2.81. The van der Waals surface area contributed by atoms with Gasteiger partial charge in [0.2, 0.25) is 0 Å². The Balaban J connectivity index is 2.06. The van der Waals surface area contributed by atoms with Crippen molar-refractivity contribution in [3.63, 3.8) is 0 Å². The molecule has 3 aromatic rings. The molecule has 8 nitrogen and oxygen atoms in total. The van der Waals surface area contributed by atoms with Crippen molar-refractivity contribution in [1.82, 2.24) is 25.5 Å². The summed E-state index contributed by atoms with van der Waals surface area (Å²) in [5.74, 6) is 0.410. The quantitative estimate of drug-likeness (QED) is 0.661. The molecule has 29 heavy (non-hydrogen) atoms. The van der Waals surface area contributed by atoms with Gasteiger partial charge in [-0.2, -0.15) is 4.68 Å². The molecule has 1 aromatic heterocycles. The van der Waals surface area contributed by atoms with Crippen molar-refractivity contribution in [1.29, 1.82) is 0 Å². The summed E-state index contributed by atoms with van der Waals surface area (Å²) < 4.78 is 21.4. The number of ether oxygens (including phenoxy) is 1. The summed E-state index contributed by atoms with van der Waals surface area (Å²) in [6.07, 6.45) is -0.146. The number of tetrazole rings is 1. The van der Waals surface area contributed by atoms with Crippen LogP contribution in [-0.2, 0) is 6.42 Å². The van der Waals surface area contributed by atoms with Crippen LogP contribution >= 0.6 is 0 Å². The molecule has 0 saturated heterocycles. The van der Waals surface area contributed by atoms with Crippen molar-refractivity contribution in [3.8, 4) is 22.6 Å². The molecule has 0 aliphatic rings. The maximum atomic E-state index is 14.6. The number of aromatic nitrogens is 4. The molecule has 1 heterocycles. The zero-order valence-corrected chi connectivity index (χ0v) is 16.4. The fraction of sp³-hybridized carbons (Fsp3) is 0.300. The maximum Gasteiger partial charge on any atom is 0.412 e. The van der Waals surface area contributed by atoms with Crippen molar-refractivity contribution in [2.75, 3.05) is 6.61 Å². The van der Waals surface area contributed by atoms with E-state index in [0.717, 1.165) is 5.56 Å². The summed E-state index contributed by atoms with van der Waals surface area (Å²) in [5.41, 5.74) is 2.19. The Hall–Kier alpha value is -3.33. The van der Waals surface area contributed by atoms with Gasteiger partial charge in [0.15, 0.2) is 5.82 Å². The second-order valence-corrected chi connectivity index (χ2v) is 6.68. The molecule has 0 spiro atoms. The molecule has 1 atom stereocenters. The molecule has 9 heteroatoms. The second kappa shape index (κ2) is 8.78. The Kier molecular flexibility index (Phi) is 6.18. The number of hydrogen-bond acceptors (Lipinski definition) is 6. The number of carbonyl (C=O) groups is 1. The highest BCUT2D eigenvalue weighted by molar-refractivity contribution is 5.74. The van der Waals surface area contributed by atoms with Crippen LogP contribution in [0.25, 0.3) is 16.8 Å². The summed E-state index contributed by atoms with van der Waals surface area (Å²) in [6, 6.07) is 9.32. The van der Waals surface area contributed by atoms with Crippen molar-refractivity contribution >= 4 is 6.09 Å². The molecule has 0 radical (unpaired) electrons. The van der Waals surface area contributed by atoms with Gasteiger partial charge in [0, 0.05) is 18.1 Å². The van der Waals surface area contributed by atoms with Crippen LogP contribution in [0.2, 0.25) is 0 Å². The van der Waals surface area contributed by atoms with Crippen LogP contribution in [0.15, 0.2) is 36.4 Å². The third kappa shape index (κ3) is 4.75. The van der Waals surface area contributed by atoms with E-state index in [1.165, 1.54) is 10.7 Å². The first-order valence-corrected chi connectivity index (χ1v) is 9.19. The molecule has 0 aliphatic heterocycles. The van der Waals surface area contributed by atoms with Crippen molar-refractivity contribution < 1.29 is 19.0 Å². The lowest BCUT2D eigenvalue weighted by molar-refractivity contribution is 0.186. The summed E-state index contributed by atoms with van der Waals surface area (Å²) in [7, 11) is 0. The molecular weight excluding hydrogens is 377 g/mol. The molecule has 3 rings (SSSR count). The van der Waals surface area contributed by atoms with Gasteiger partial charge in [0.05, 0.1) is 18.3 Å². The molecule has 152 valence electrons. The van der Waals surface area contributed by atoms with E-state index in [0.29, 0.717) is 29.1 Å². The Labute approximate surface area is 167 Å². The van der Waals surface area contributed by atoms with Gasteiger partial charge in [0.25, 0.3) is 0 Å². The van der Waals surface area contributed by atoms with Gasteiger partial charge in [-0.05, 0) is 53.6 Å². The van der Waals surface area contributed by atoms with Crippen LogP contribution in [-0.4, -0.2) is 44.1 Å². The highest BCUT2D eigenvalue weighted by atomic mass is 19.1. The molecule has 0 bridgehead atoms. The lowest BCUT2D eigenvalue weighted by atomic mass is 10.0. The Morgan fingerprint density at radius 1 is 1.31 bits per heavy atom. The van der Waals surface area contributed by atoms with Crippen molar-refractivity contribution in [3.05, 3.63) is 53.6 Å². The fourth-order valence-electron chi connectivity index (χ4n) is 2.78. The van der Waals surface area contributed by atoms with Crippen LogP contribution in [0, 0.1) is 12.7 Å². The second-order valence-electron chi connectivity index (χ2n) is 6.68. The molecule has 0 fully saturated rings. The van der Waals surface area contributed by atoms with Gasteiger partial charge in [-0.3, -0.25) is 0 Å². The van der Waals surface area contributed by atoms with Gasteiger partial charge in [-0.1, -0.05) is 19.1 Å². The molecule has 1 unspecified atom stereocenters. The Bertz CT molecular complexity index is 1020. The number of benzene rings is 2. The van der Waals surface area contributed by atoms with E-state index >= 15 is 0 Å².